The van der Waals surface area contributed by atoms with Gasteiger partial charge in [-0.05, 0) is 95.2 Å². The van der Waals surface area contributed by atoms with Gasteiger partial charge in [-0.15, -0.1) is 0 Å². The third-order valence-corrected chi connectivity index (χ3v) is 9.21. The number of aryl methyl sites for hydroxylation is 2. The van der Waals surface area contributed by atoms with Gasteiger partial charge in [-0.25, -0.2) is 8.42 Å². The average molecular weight is 458 g/mol. The van der Waals surface area contributed by atoms with Crippen molar-refractivity contribution in [3.05, 3.63) is 64.2 Å². The molecule has 1 aliphatic heterocycles. The molecule has 0 spiro atoms. The van der Waals surface area contributed by atoms with Gasteiger partial charge in [0.25, 0.3) is 0 Å². The molecular weight excluding hydrogens is 418 g/mol. The zero-order valence-electron chi connectivity index (χ0n) is 20.7. The lowest BCUT2D eigenvalue weighted by atomic mass is 9.95. The summed E-state index contributed by atoms with van der Waals surface area (Å²) in [5.41, 5.74) is 7.50. The SMILES string of the molecule is Cc1c(CCc2ccc(CS(=O)(=O)C(C)(C)C)cc2)ccc(N2C[C@@H](C)O[C@@H](C)C2)c1C. The van der Waals surface area contributed by atoms with Crippen LogP contribution in [0.1, 0.15) is 62.4 Å². The summed E-state index contributed by atoms with van der Waals surface area (Å²) in [5.74, 6) is 0.0926. The topological polar surface area (TPSA) is 46.6 Å². The summed E-state index contributed by atoms with van der Waals surface area (Å²) in [7, 11) is -3.16. The Balaban J connectivity index is 1.66. The van der Waals surface area contributed by atoms with Gasteiger partial charge in [0.15, 0.2) is 9.84 Å². The van der Waals surface area contributed by atoms with E-state index in [-0.39, 0.29) is 18.0 Å². The summed E-state index contributed by atoms with van der Waals surface area (Å²) in [4.78, 5) is 2.45. The molecule has 176 valence electrons. The second kappa shape index (κ2) is 9.56. The number of rotatable bonds is 6. The van der Waals surface area contributed by atoms with E-state index in [4.69, 9.17) is 4.74 Å². The van der Waals surface area contributed by atoms with Gasteiger partial charge in [0.1, 0.15) is 0 Å². The lowest BCUT2D eigenvalue weighted by Gasteiger charge is -2.38. The fourth-order valence-electron chi connectivity index (χ4n) is 4.37. The first-order valence-electron chi connectivity index (χ1n) is 11.7. The number of anilines is 1. The molecule has 1 heterocycles. The van der Waals surface area contributed by atoms with Gasteiger partial charge in [-0.3, -0.25) is 0 Å². The predicted molar refractivity (Wildman–Crippen MR) is 134 cm³/mol. The number of hydrogen-bond acceptors (Lipinski definition) is 4. The van der Waals surface area contributed by atoms with Gasteiger partial charge in [0.05, 0.1) is 22.7 Å². The summed E-state index contributed by atoms with van der Waals surface area (Å²) in [6.45, 7) is 15.9. The molecule has 0 aromatic heterocycles. The fraction of sp³-hybridized carbons (Fsp3) is 0.556. The van der Waals surface area contributed by atoms with E-state index in [1.54, 1.807) is 20.8 Å². The quantitative estimate of drug-likeness (QED) is 0.581. The van der Waals surface area contributed by atoms with E-state index in [0.717, 1.165) is 31.5 Å². The van der Waals surface area contributed by atoms with Crippen molar-refractivity contribution in [2.45, 2.75) is 84.0 Å². The Morgan fingerprint density at radius 1 is 0.875 bits per heavy atom. The van der Waals surface area contributed by atoms with Crippen LogP contribution in [0.5, 0.6) is 0 Å². The molecule has 0 radical (unpaired) electrons. The first-order valence-corrected chi connectivity index (χ1v) is 13.3. The zero-order chi connectivity index (χ0) is 23.7. The molecule has 0 N–H and O–H groups in total. The van der Waals surface area contributed by atoms with E-state index < -0.39 is 14.6 Å². The fourth-order valence-corrected chi connectivity index (χ4v) is 5.43. The maximum absolute atomic E-state index is 12.5. The smallest absolute Gasteiger partial charge is 0.159 e. The lowest BCUT2D eigenvalue weighted by Crippen LogP contribution is -2.45. The van der Waals surface area contributed by atoms with Crippen LogP contribution in [0.3, 0.4) is 0 Å². The predicted octanol–water partition coefficient (Wildman–Crippen LogP) is 5.42. The molecular formula is C27H39NO3S. The Bertz CT molecular complexity index is 1030. The molecule has 32 heavy (non-hydrogen) atoms. The van der Waals surface area contributed by atoms with Gasteiger partial charge in [0, 0.05) is 18.8 Å². The van der Waals surface area contributed by atoms with Crippen molar-refractivity contribution in [2.75, 3.05) is 18.0 Å². The van der Waals surface area contributed by atoms with Gasteiger partial charge >= 0.3 is 0 Å². The third-order valence-electron chi connectivity index (χ3n) is 6.63. The third kappa shape index (κ3) is 5.74. The first-order chi connectivity index (χ1) is 14.9. The van der Waals surface area contributed by atoms with Crippen LogP contribution in [0, 0.1) is 13.8 Å². The molecule has 5 heteroatoms. The van der Waals surface area contributed by atoms with Crippen LogP contribution in [-0.4, -0.2) is 38.5 Å². The van der Waals surface area contributed by atoms with Gasteiger partial charge < -0.3 is 9.64 Å². The number of benzene rings is 2. The maximum Gasteiger partial charge on any atom is 0.159 e. The minimum atomic E-state index is -3.16. The largest absolute Gasteiger partial charge is 0.372 e. The molecule has 3 rings (SSSR count). The first kappa shape index (κ1) is 24.8. The van der Waals surface area contributed by atoms with Crippen molar-refractivity contribution in [2.24, 2.45) is 0 Å². The van der Waals surface area contributed by atoms with Crippen LogP contribution in [0.15, 0.2) is 36.4 Å². The number of hydrogen-bond donors (Lipinski definition) is 0. The van der Waals surface area contributed by atoms with Crippen LogP contribution in [0.25, 0.3) is 0 Å². The molecule has 1 fully saturated rings. The zero-order valence-corrected chi connectivity index (χ0v) is 21.6. The molecule has 0 bridgehead atoms. The van der Waals surface area contributed by atoms with E-state index in [2.05, 4.69) is 56.9 Å². The molecule has 2 atom stereocenters. The number of ether oxygens (including phenoxy) is 1. The number of nitrogens with zero attached hydrogens (tertiary/aromatic N) is 1. The Kier molecular flexibility index (Phi) is 7.41. The van der Waals surface area contributed by atoms with Gasteiger partial charge in [0.2, 0.25) is 0 Å². The summed E-state index contributed by atoms with van der Waals surface area (Å²) in [6.07, 6.45) is 2.42. The van der Waals surface area contributed by atoms with Crippen LogP contribution >= 0.6 is 0 Å². The molecule has 0 saturated carbocycles. The van der Waals surface area contributed by atoms with Crippen molar-refractivity contribution in [3.63, 3.8) is 0 Å². The minimum absolute atomic E-state index is 0.0926. The van der Waals surface area contributed by atoms with Crippen molar-refractivity contribution >= 4 is 15.5 Å². The van der Waals surface area contributed by atoms with Crippen molar-refractivity contribution < 1.29 is 13.2 Å². The molecule has 2 aromatic carbocycles. The molecule has 0 amide bonds. The molecule has 0 aliphatic carbocycles. The molecule has 4 nitrogen and oxygen atoms in total. The van der Waals surface area contributed by atoms with Crippen LogP contribution in [0.2, 0.25) is 0 Å². The molecule has 1 saturated heterocycles. The van der Waals surface area contributed by atoms with Gasteiger partial charge in [-0.2, -0.15) is 0 Å². The van der Waals surface area contributed by atoms with E-state index in [1.807, 2.05) is 12.1 Å². The summed E-state index contributed by atoms with van der Waals surface area (Å²) in [6, 6.07) is 12.6. The minimum Gasteiger partial charge on any atom is -0.372 e. The Morgan fingerprint density at radius 2 is 1.44 bits per heavy atom. The molecule has 0 unspecified atom stereocenters. The highest BCUT2D eigenvalue weighted by Gasteiger charge is 2.29. The average Bonchev–Trinajstić information content (AvgIpc) is 2.68. The summed E-state index contributed by atoms with van der Waals surface area (Å²) < 4.78 is 30.1. The summed E-state index contributed by atoms with van der Waals surface area (Å²) in [5, 5.41) is 0. The van der Waals surface area contributed by atoms with Gasteiger partial charge in [-0.1, -0.05) is 30.3 Å². The maximum atomic E-state index is 12.5. The van der Waals surface area contributed by atoms with E-state index in [1.165, 1.54) is 27.9 Å². The Hall–Kier alpha value is -1.85. The van der Waals surface area contributed by atoms with Crippen LogP contribution in [-0.2, 0) is 33.2 Å². The standard InChI is InChI=1S/C27H39NO3S/c1-19-16-28(17-20(2)31-19)26-15-14-25(21(3)22(26)4)13-12-23-8-10-24(11-9-23)18-32(29,30)27(5,6)7/h8-11,14-15,19-20H,12-13,16-18H2,1-7H3/t19-,20+. The molecule has 1 aliphatic rings. The second-order valence-corrected chi connectivity index (χ2v) is 13.1. The normalized spacial score (nSPS) is 19.9. The Morgan fingerprint density at radius 3 is 2.00 bits per heavy atom. The van der Waals surface area contributed by atoms with E-state index >= 15 is 0 Å². The summed E-state index contributed by atoms with van der Waals surface area (Å²) >= 11 is 0. The van der Waals surface area contributed by atoms with Crippen molar-refractivity contribution in [1.29, 1.82) is 0 Å². The van der Waals surface area contributed by atoms with E-state index in [9.17, 15) is 8.42 Å². The number of sulfone groups is 1. The van der Waals surface area contributed by atoms with Crippen molar-refractivity contribution in [3.8, 4) is 0 Å². The molecule has 2 aromatic rings. The highest BCUT2D eigenvalue weighted by molar-refractivity contribution is 7.91. The van der Waals surface area contributed by atoms with Crippen molar-refractivity contribution in [1.82, 2.24) is 0 Å². The monoisotopic (exact) mass is 457 g/mol. The highest BCUT2D eigenvalue weighted by atomic mass is 32.2. The van der Waals surface area contributed by atoms with E-state index in [0.29, 0.717) is 0 Å². The Labute approximate surface area is 194 Å². The highest BCUT2D eigenvalue weighted by Crippen LogP contribution is 2.29. The second-order valence-electron chi connectivity index (χ2n) is 10.3. The number of morpholine rings is 1. The lowest BCUT2D eigenvalue weighted by molar-refractivity contribution is -0.00525. The van der Waals surface area contributed by atoms with Crippen LogP contribution < -0.4 is 4.90 Å². The van der Waals surface area contributed by atoms with Crippen LogP contribution in [0.4, 0.5) is 5.69 Å².